The first kappa shape index (κ1) is 16.9. The molecule has 1 N–H and O–H groups in total. The molecular formula is C16H35N3. The third-order valence-electron chi connectivity index (χ3n) is 3.87. The van der Waals surface area contributed by atoms with Crippen molar-refractivity contribution < 1.29 is 0 Å². The number of nitrogens with one attached hydrogen (secondary N) is 1. The molecule has 3 nitrogen and oxygen atoms in total. The maximum Gasteiger partial charge on any atom is 0.0109 e. The largest absolute Gasteiger partial charge is 0.312 e. The summed E-state index contributed by atoms with van der Waals surface area (Å²) in [6.45, 7) is 14.3. The first-order valence-corrected chi connectivity index (χ1v) is 8.13. The Morgan fingerprint density at radius 3 is 2.37 bits per heavy atom. The van der Waals surface area contributed by atoms with Crippen LogP contribution in [-0.2, 0) is 0 Å². The van der Waals surface area contributed by atoms with E-state index in [0.29, 0.717) is 0 Å². The van der Waals surface area contributed by atoms with Gasteiger partial charge in [-0.25, -0.2) is 0 Å². The van der Waals surface area contributed by atoms with E-state index in [4.69, 9.17) is 0 Å². The molecule has 19 heavy (non-hydrogen) atoms. The number of nitrogens with zero attached hydrogens (tertiary/aromatic N) is 2. The van der Waals surface area contributed by atoms with Crippen LogP contribution in [0.3, 0.4) is 0 Å². The van der Waals surface area contributed by atoms with Crippen molar-refractivity contribution in [3.05, 3.63) is 0 Å². The third-order valence-corrected chi connectivity index (χ3v) is 3.87. The monoisotopic (exact) mass is 269 g/mol. The summed E-state index contributed by atoms with van der Waals surface area (Å²) >= 11 is 0. The van der Waals surface area contributed by atoms with Gasteiger partial charge in [-0.15, -0.1) is 0 Å². The molecule has 0 aromatic heterocycles. The van der Waals surface area contributed by atoms with Crippen molar-refractivity contribution in [2.75, 3.05) is 46.3 Å². The van der Waals surface area contributed by atoms with Crippen LogP contribution in [0.1, 0.15) is 52.9 Å². The highest BCUT2D eigenvalue weighted by Gasteiger charge is 2.11. The second-order valence-electron chi connectivity index (χ2n) is 7.09. The van der Waals surface area contributed by atoms with Crippen molar-refractivity contribution >= 4 is 0 Å². The zero-order valence-electron chi connectivity index (χ0n) is 13.7. The molecule has 1 fully saturated rings. The topological polar surface area (TPSA) is 18.5 Å². The summed E-state index contributed by atoms with van der Waals surface area (Å²) in [4.78, 5) is 5.11. The summed E-state index contributed by atoms with van der Waals surface area (Å²) in [7, 11) is 2.24. The molecule has 0 aromatic carbocycles. The molecule has 0 bridgehead atoms. The zero-order chi connectivity index (χ0) is 14.1. The molecule has 0 radical (unpaired) electrons. The van der Waals surface area contributed by atoms with E-state index in [0.717, 1.165) is 6.54 Å². The molecule has 0 saturated carbocycles. The standard InChI is InChI=1S/C16H35N3/c1-16(2,3)17-10-7-5-6-8-12-19-13-9-11-18(4)14-15-19/h17H,5-15H2,1-4H3. The van der Waals surface area contributed by atoms with Gasteiger partial charge in [-0.3, -0.25) is 0 Å². The number of hydrogen-bond acceptors (Lipinski definition) is 3. The van der Waals surface area contributed by atoms with Crippen molar-refractivity contribution in [3.63, 3.8) is 0 Å². The lowest BCUT2D eigenvalue weighted by Gasteiger charge is -2.21. The number of rotatable bonds is 7. The van der Waals surface area contributed by atoms with Gasteiger partial charge >= 0.3 is 0 Å². The van der Waals surface area contributed by atoms with Gasteiger partial charge in [0, 0.05) is 18.6 Å². The highest BCUT2D eigenvalue weighted by Crippen LogP contribution is 2.06. The fourth-order valence-corrected chi connectivity index (χ4v) is 2.60. The minimum Gasteiger partial charge on any atom is -0.312 e. The van der Waals surface area contributed by atoms with Crippen LogP contribution in [-0.4, -0.2) is 61.7 Å². The number of likely N-dealkylation sites (N-methyl/N-ethyl adjacent to an activating group) is 1. The Morgan fingerprint density at radius 1 is 0.895 bits per heavy atom. The average Bonchev–Trinajstić information content (AvgIpc) is 2.52. The smallest absolute Gasteiger partial charge is 0.0109 e. The van der Waals surface area contributed by atoms with Gasteiger partial charge in [0.15, 0.2) is 0 Å². The highest BCUT2D eigenvalue weighted by molar-refractivity contribution is 4.70. The Bertz CT molecular complexity index is 223. The maximum absolute atomic E-state index is 3.56. The molecule has 0 spiro atoms. The molecule has 0 atom stereocenters. The van der Waals surface area contributed by atoms with Crippen LogP contribution in [0.4, 0.5) is 0 Å². The minimum atomic E-state index is 0.276. The van der Waals surface area contributed by atoms with Crippen LogP contribution in [0, 0.1) is 0 Å². The lowest BCUT2D eigenvalue weighted by molar-refractivity contribution is 0.270. The zero-order valence-corrected chi connectivity index (χ0v) is 13.7. The van der Waals surface area contributed by atoms with E-state index in [1.54, 1.807) is 0 Å². The fraction of sp³-hybridized carbons (Fsp3) is 1.00. The van der Waals surface area contributed by atoms with Gasteiger partial charge in [0.1, 0.15) is 0 Å². The van der Waals surface area contributed by atoms with E-state index < -0.39 is 0 Å². The number of hydrogen-bond donors (Lipinski definition) is 1. The quantitative estimate of drug-likeness (QED) is 0.717. The molecule has 3 heteroatoms. The number of unbranched alkanes of at least 4 members (excludes halogenated alkanes) is 3. The normalized spacial score (nSPS) is 19.6. The summed E-state index contributed by atoms with van der Waals surface area (Å²) in [5.41, 5.74) is 0.276. The molecule has 1 aliphatic heterocycles. The molecule has 0 aromatic rings. The molecule has 1 aliphatic rings. The van der Waals surface area contributed by atoms with Crippen LogP contribution in [0.2, 0.25) is 0 Å². The molecule has 0 aliphatic carbocycles. The van der Waals surface area contributed by atoms with Gasteiger partial charge in [0.05, 0.1) is 0 Å². The van der Waals surface area contributed by atoms with Crippen molar-refractivity contribution in [3.8, 4) is 0 Å². The lowest BCUT2D eigenvalue weighted by atomic mass is 10.1. The highest BCUT2D eigenvalue weighted by atomic mass is 15.2. The predicted octanol–water partition coefficient (Wildman–Crippen LogP) is 2.57. The first-order valence-electron chi connectivity index (χ1n) is 8.13. The summed E-state index contributed by atoms with van der Waals surface area (Å²) in [5, 5.41) is 3.56. The Kier molecular flexibility index (Phi) is 7.96. The van der Waals surface area contributed by atoms with Crippen molar-refractivity contribution in [2.45, 2.75) is 58.4 Å². The van der Waals surface area contributed by atoms with Crippen LogP contribution in [0.25, 0.3) is 0 Å². The van der Waals surface area contributed by atoms with Gasteiger partial charge in [-0.05, 0) is 73.3 Å². The van der Waals surface area contributed by atoms with E-state index >= 15 is 0 Å². The maximum atomic E-state index is 3.56. The molecule has 114 valence electrons. The summed E-state index contributed by atoms with van der Waals surface area (Å²) in [6, 6.07) is 0. The lowest BCUT2D eigenvalue weighted by Crippen LogP contribution is -2.36. The van der Waals surface area contributed by atoms with Crippen LogP contribution in [0.15, 0.2) is 0 Å². The predicted molar refractivity (Wildman–Crippen MR) is 84.8 cm³/mol. The summed E-state index contributed by atoms with van der Waals surface area (Å²) in [5.74, 6) is 0. The van der Waals surface area contributed by atoms with Gasteiger partial charge in [-0.2, -0.15) is 0 Å². The molecule has 1 rings (SSSR count). The van der Waals surface area contributed by atoms with Crippen molar-refractivity contribution in [1.82, 2.24) is 15.1 Å². The molecule has 1 saturated heterocycles. The summed E-state index contributed by atoms with van der Waals surface area (Å²) < 4.78 is 0. The van der Waals surface area contributed by atoms with Crippen LogP contribution >= 0.6 is 0 Å². The average molecular weight is 269 g/mol. The van der Waals surface area contributed by atoms with E-state index in [1.807, 2.05) is 0 Å². The fourth-order valence-electron chi connectivity index (χ4n) is 2.60. The van der Waals surface area contributed by atoms with Crippen molar-refractivity contribution in [2.24, 2.45) is 0 Å². The van der Waals surface area contributed by atoms with Crippen molar-refractivity contribution in [1.29, 1.82) is 0 Å². The van der Waals surface area contributed by atoms with Gasteiger partial charge < -0.3 is 15.1 Å². The van der Waals surface area contributed by atoms with E-state index in [9.17, 15) is 0 Å². The third kappa shape index (κ3) is 9.42. The minimum absolute atomic E-state index is 0.276. The second-order valence-corrected chi connectivity index (χ2v) is 7.09. The molecular weight excluding hydrogens is 234 g/mol. The van der Waals surface area contributed by atoms with E-state index in [2.05, 4.69) is 42.9 Å². The molecule has 1 heterocycles. The Balaban J connectivity index is 1.93. The van der Waals surface area contributed by atoms with E-state index in [1.165, 1.54) is 64.8 Å². The Labute approximate surface area is 120 Å². The van der Waals surface area contributed by atoms with Crippen LogP contribution < -0.4 is 5.32 Å². The first-order chi connectivity index (χ1) is 8.97. The van der Waals surface area contributed by atoms with Crippen LogP contribution in [0.5, 0.6) is 0 Å². The van der Waals surface area contributed by atoms with E-state index in [-0.39, 0.29) is 5.54 Å². The Hall–Kier alpha value is -0.120. The molecule has 0 unspecified atom stereocenters. The molecule has 0 amide bonds. The van der Waals surface area contributed by atoms with Gasteiger partial charge in [0.25, 0.3) is 0 Å². The van der Waals surface area contributed by atoms with Gasteiger partial charge in [0.2, 0.25) is 0 Å². The van der Waals surface area contributed by atoms with Gasteiger partial charge in [-0.1, -0.05) is 12.8 Å². The second kappa shape index (κ2) is 8.93. The SMILES string of the molecule is CN1CCCN(CCCCCCNC(C)(C)C)CC1. The summed E-state index contributed by atoms with van der Waals surface area (Å²) in [6.07, 6.45) is 6.79. The Morgan fingerprint density at radius 2 is 1.63 bits per heavy atom.